The van der Waals surface area contributed by atoms with Gasteiger partial charge in [-0.2, -0.15) is 0 Å². The van der Waals surface area contributed by atoms with Gasteiger partial charge in [0.25, 0.3) is 0 Å². The van der Waals surface area contributed by atoms with E-state index in [1.54, 1.807) is 6.07 Å². The zero-order valence-corrected chi connectivity index (χ0v) is 11.2. The van der Waals surface area contributed by atoms with Gasteiger partial charge in [-0.1, -0.05) is 12.8 Å². The molecule has 2 N–H and O–H groups in total. The van der Waals surface area contributed by atoms with E-state index in [1.807, 2.05) is 6.07 Å². The van der Waals surface area contributed by atoms with E-state index < -0.39 is 5.97 Å². The first-order chi connectivity index (χ1) is 8.70. The highest BCUT2D eigenvalue weighted by Gasteiger charge is 2.21. The number of carboxylic acids is 1. The molecule has 1 unspecified atom stereocenters. The molecule has 1 aliphatic rings. The first-order valence-corrected chi connectivity index (χ1v) is 7.19. The highest BCUT2D eigenvalue weighted by Crippen LogP contribution is 2.23. The van der Waals surface area contributed by atoms with Crippen molar-refractivity contribution in [2.24, 2.45) is 0 Å². The molecular weight excluding hydrogens is 250 g/mol. The zero-order chi connectivity index (χ0) is 13.0. The Labute approximate surface area is 111 Å². The van der Waals surface area contributed by atoms with Crippen molar-refractivity contribution in [2.45, 2.75) is 38.3 Å². The number of carbonyl (C=O) groups is 1. The molecule has 0 saturated carbocycles. The fourth-order valence-electron chi connectivity index (χ4n) is 2.43. The van der Waals surface area contributed by atoms with Gasteiger partial charge in [-0.3, -0.25) is 4.90 Å². The third-order valence-corrected chi connectivity index (χ3v) is 4.50. The van der Waals surface area contributed by atoms with Crippen molar-refractivity contribution in [1.29, 1.82) is 0 Å². The normalized spacial score (nSPS) is 21.7. The average molecular weight is 269 g/mol. The van der Waals surface area contributed by atoms with Gasteiger partial charge in [0, 0.05) is 17.5 Å². The van der Waals surface area contributed by atoms with Gasteiger partial charge in [-0.15, -0.1) is 11.3 Å². The van der Waals surface area contributed by atoms with Crippen molar-refractivity contribution >= 4 is 17.3 Å². The van der Waals surface area contributed by atoms with Crippen molar-refractivity contribution in [3.8, 4) is 0 Å². The monoisotopic (exact) mass is 269 g/mol. The summed E-state index contributed by atoms with van der Waals surface area (Å²) < 4.78 is 0. The summed E-state index contributed by atoms with van der Waals surface area (Å²) in [5, 5.41) is 18.3. The van der Waals surface area contributed by atoms with E-state index in [2.05, 4.69) is 4.90 Å². The Bertz CT molecular complexity index is 405. The van der Waals surface area contributed by atoms with Crippen molar-refractivity contribution in [1.82, 2.24) is 4.90 Å². The van der Waals surface area contributed by atoms with E-state index in [0.29, 0.717) is 4.88 Å². The van der Waals surface area contributed by atoms with E-state index in [4.69, 9.17) is 5.11 Å². The first-order valence-electron chi connectivity index (χ1n) is 6.37. The van der Waals surface area contributed by atoms with Crippen molar-refractivity contribution in [3.63, 3.8) is 0 Å². The number of hydrogen-bond donors (Lipinski definition) is 2. The lowest BCUT2D eigenvalue weighted by Gasteiger charge is -2.27. The lowest BCUT2D eigenvalue weighted by atomic mass is 10.1. The van der Waals surface area contributed by atoms with Gasteiger partial charge >= 0.3 is 5.97 Å². The van der Waals surface area contributed by atoms with Gasteiger partial charge in [0.15, 0.2) is 0 Å². The molecule has 0 aliphatic carbocycles. The van der Waals surface area contributed by atoms with Crippen molar-refractivity contribution in [2.75, 3.05) is 13.2 Å². The Morgan fingerprint density at radius 2 is 2.22 bits per heavy atom. The molecule has 1 aliphatic heterocycles. The Balaban J connectivity index is 2.02. The Hall–Kier alpha value is -0.910. The summed E-state index contributed by atoms with van der Waals surface area (Å²) in [5.74, 6) is -0.860. The molecule has 0 spiro atoms. The first kappa shape index (κ1) is 13.5. The third-order valence-electron chi connectivity index (χ3n) is 3.44. The molecule has 4 nitrogen and oxygen atoms in total. The number of rotatable bonds is 4. The van der Waals surface area contributed by atoms with Crippen LogP contribution in [0, 0.1) is 0 Å². The number of aromatic carboxylic acids is 1. The van der Waals surface area contributed by atoms with Crippen LogP contribution in [0.2, 0.25) is 0 Å². The van der Waals surface area contributed by atoms with Gasteiger partial charge in [-0.05, 0) is 31.5 Å². The number of aliphatic hydroxyl groups excluding tert-OH is 1. The minimum absolute atomic E-state index is 0.192. The fourth-order valence-corrected chi connectivity index (χ4v) is 3.30. The Morgan fingerprint density at radius 3 is 2.89 bits per heavy atom. The molecule has 18 heavy (non-hydrogen) atoms. The molecule has 1 atom stereocenters. The topological polar surface area (TPSA) is 60.8 Å². The van der Waals surface area contributed by atoms with E-state index in [-0.39, 0.29) is 12.6 Å². The van der Waals surface area contributed by atoms with E-state index in [1.165, 1.54) is 24.2 Å². The molecule has 0 aromatic carbocycles. The third kappa shape index (κ3) is 3.31. The summed E-state index contributed by atoms with van der Waals surface area (Å²) >= 11 is 1.33. The molecule has 1 fully saturated rings. The van der Waals surface area contributed by atoms with E-state index in [0.717, 1.165) is 30.8 Å². The zero-order valence-electron chi connectivity index (χ0n) is 10.3. The largest absolute Gasteiger partial charge is 0.477 e. The molecule has 2 heterocycles. The molecule has 2 rings (SSSR count). The van der Waals surface area contributed by atoms with Crippen LogP contribution in [0.5, 0.6) is 0 Å². The second kappa shape index (κ2) is 6.31. The number of nitrogens with zero attached hydrogens (tertiary/aromatic N) is 1. The van der Waals surface area contributed by atoms with Crippen LogP contribution >= 0.6 is 11.3 Å². The molecule has 1 aromatic heterocycles. The second-order valence-electron chi connectivity index (χ2n) is 4.73. The smallest absolute Gasteiger partial charge is 0.345 e. The molecule has 0 amide bonds. The summed E-state index contributed by atoms with van der Waals surface area (Å²) in [4.78, 5) is 14.6. The summed E-state index contributed by atoms with van der Waals surface area (Å²) in [6, 6.07) is 3.77. The van der Waals surface area contributed by atoms with Crippen LogP contribution in [0.3, 0.4) is 0 Å². The predicted molar refractivity (Wildman–Crippen MR) is 71.0 cm³/mol. The maximum absolute atomic E-state index is 10.8. The summed E-state index contributed by atoms with van der Waals surface area (Å²) in [5.41, 5.74) is 0. The maximum Gasteiger partial charge on any atom is 0.345 e. The summed E-state index contributed by atoms with van der Waals surface area (Å²) in [6.07, 6.45) is 4.59. The fraction of sp³-hybridized carbons (Fsp3) is 0.615. The van der Waals surface area contributed by atoms with Crippen LogP contribution in [0.15, 0.2) is 12.1 Å². The lowest BCUT2D eigenvalue weighted by molar-refractivity contribution is 0.0702. The summed E-state index contributed by atoms with van der Waals surface area (Å²) in [7, 11) is 0. The molecule has 5 heteroatoms. The minimum atomic E-state index is -0.860. The quantitative estimate of drug-likeness (QED) is 0.879. The van der Waals surface area contributed by atoms with E-state index >= 15 is 0 Å². The molecular formula is C13H19NO3S. The van der Waals surface area contributed by atoms with Gasteiger partial charge in [-0.25, -0.2) is 4.79 Å². The van der Waals surface area contributed by atoms with Crippen molar-refractivity contribution in [3.05, 3.63) is 21.9 Å². The number of carboxylic acid groups (broad SMARTS) is 1. The van der Waals surface area contributed by atoms with Gasteiger partial charge in [0.05, 0.1) is 6.61 Å². The maximum atomic E-state index is 10.8. The second-order valence-corrected chi connectivity index (χ2v) is 5.90. The van der Waals surface area contributed by atoms with Crippen LogP contribution in [0.1, 0.15) is 40.2 Å². The average Bonchev–Trinajstić information content (AvgIpc) is 2.70. The number of likely N-dealkylation sites (tertiary alicyclic amines) is 1. The van der Waals surface area contributed by atoms with Crippen LogP contribution in [-0.4, -0.2) is 40.3 Å². The van der Waals surface area contributed by atoms with Gasteiger partial charge in [0.1, 0.15) is 4.88 Å². The lowest BCUT2D eigenvalue weighted by Crippen LogP contribution is -2.36. The van der Waals surface area contributed by atoms with E-state index in [9.17, 15) is 9.90 Å². The molecule has 100 valence electrons. The molecule has 1 saturated heterocycles. The van der Waals surface area contributed by atoms with Crippen LogP contribution in [-0.2, 0) is 6.54 Å². The SMILES string of the molecule is O=C(O)c1ccc(CN2CCCCCC2CO)s1. The van der Waals surface area contributed by atoms with Gasteiger partial charge in [0.2, 0.25) is 0 Å². The number of thiophene rings is 1. The Kier molecular flexibility index (Phi) is 4.74. The molecule has 0 bridgehead atoms. The number of hydrogen-bond acceptors (Lipinski definition) is 4. The Morgan fingerprint density at radius 1 is 1.39 bits per heavy atom. The highest BCUT2D eigenvalue weighted by molar-refractivity contribution is 7.13. The predicted octanol–water partition coefficient (Wildman–Crippen LogP) is 2.18. The van der Waals surface area contributed by atoms with Crippen LogP contribution in [0.25, 0.3) is 0 Å². The van der Waals surface area contributed by atoms with Crippen molar-refractivity contribution < 1.29 is 15.0 Å². The molecule has 0 radical (unpaired) electrons. The van der Waals surface area contributed by atoms with Gasteiger partial charge < -0.3 is 10.2 Å². The van der Waals surface area contributed by atoms with Crippen LogP contribution < -0.4 is 0 Å². The standard InChI is InChI=1S/C13H19NO3S/c15-9-10-4-2-1-3-7-14(10)8-11-5-6-12(18-11)13(16)17/h5-6,10,15H,1-4,7-9H2,(H,16,17). The minimum Gasteiger partial charge on any atom is -0.477 e. The van der Waals surface area contributed by atoms with Crippen LogP contribution in [0.4, 0.5) is 0 Å². The number of aliphatic hydroxyl groups is 1. The highest BCUT2D eigenvalue weighted by atomic mass is 32.1. The molecule has 1 aromatic rings. The summed E-state index contributed by atoms with van der Waals surface area (Å²) in [6.45, 7) is 1.94.